The highest BCUT2D eigenvalue weighted by Crippen LogP contribution is 2.24. The van der Waals surface area contributed by atoms with Crippen LogP contribution in [0, 0.1) is 6.92 Å². The Labute approximate surface area is 75.6 Å². The third-order valence-electron chi connectivity index (χ3n) is 3.57. The molecule has 11 heavy (non-hydrogen) atoms. The highest BCUT2D eigenvalue weighted by atomic mass is 29.6. The molecule has 0 heterocycles. The first kappa shape index (κ1) is 11.7. The predicted octanol–water partition coefficient (Wildman–Crippen LogP) is 3.15. The summed E-state index contributed by atoms with van der Waals surface area (Å²) < 4.78 is 0. The van der Waals surface area contributed by atoms with E-state index in [1.54, 1.807) is 0 Å². The summed E-state index contributed by atoms with van der Waals surface area (Å²) in [7, 11) is -1.74. The second-order valence-electron chi connectivity index (χ2n) is 4.76. The van der Waals surface area contributed by atoms with Gasteiger partial charge in [-0.15, -0.1) is 0 Å². The molecule has 0 aromatic rings. The van der Waals surface area contributed by atoms with Crippen molar-refractivity contribution in [1.29, 1.82) is 0 Å². The maximum atomic E-state index is 4.12. The molecule has 2 radical (unpaired) electrons. The fourth-order valence-corrected chi connectivity index (χ4v) is 22.2. The van der Waals surface area contributed by atoms with E-state index in [2.05, 4.69) is 46.2 Å². The molecular formula is C8H22Si3. The summed E-state index contributed by atoms with van der Waals surface area (Å²) in [6.07, 6.45) is 0. The lowest BCUT2D eigenvalue weighted by Gasteiger charge is -2.40. The first-order valence-corrected chi connectivity index (χ1v) is 15.1. The Morgan fingerprint density at radius 2 is 1.45 bits per heavy atom. The van der Waals surface area contributed by atoms with Crippen LogP contribution >= 0.6 is 0 Å². The molecule has 0 aromatic heterocycles. The van der Waals surface area contributed by atoms with Crippen LogP contribution in [0.15, 0.2) is 0 Å². The van der Waals surface area contributed by atoms with E-state index in [4.69, 9.17) is 0 Å². The molecule has 0 aromatic carbocycles. The van der Waals surface area contributed by atoms with Crippen LogP contribution in [0.4, 0.5) is 0 Å². The summed E-state index contributed by atoms with van der Waals surface area (Å²) in [5.41, 5.74) is 0. The molecule has 3 heteroatoms. The molecule has 0 saturated carbocycles. The Balaban J connectivity index is 4.53. The van der Waals surface area contributed by atoms with Crippen molar-refractivity contribution in [3.63, 3.8) is 0 Å². The maximum absolute atomic E-state index is 4.12. The van der Waals surface area contributed by atoms with Crippen molar-refractivity contribution in [2.45, 2.75) is 45.3 Å². The molecule has 0 spiro atoms. The lowest BCUT2D eigenvalue weighted by atomic mass is 11.0. The van der Waals surface area contributed by atoms with Crippen molar-refractivity contribution in [1.82, 2.24) is 0 Å². The maximum Gasteiger partial charge on any atom is 0.0384 e. The van der Waals surface area contributed by atoms with E-state index < -0.39 is 14.7 Å². The van der Waals surface area contributed by atoms with Crippen molar-refractivity contribution in [3.05, 3.63) is 6.92 Å². The minimum atomic E-state index is -0.895. The van der Waals surface area contributed by atoms with Crippen molar-refractivity contribution in [2.24, 2.45) is 0 Å². The second kappa shape index (κ2) is 3.58. The molecule has 0 nitrogen and oxygen atoms in total. The van der Waals surface area contributed by atoms with Crippen LogP contribution in [0.25, 0.3) is 0 Å². The molecule has 0 fully saturated rings. The zero-order chi connectivity index (χ0) is 9.28. The van der Waals surface area contributed by atoms with Gasteiger partial charge in [0.25, 0.3) is 0 Å². The van der Waals surface area contributed by atoms with E-state index in [1.807, 2.05) is 0 Å². The lowest BCUT2D eigenvalue weighted by Crippen LogP contribution is -2.62. The van der Waals surface area contributed by atoms with Gasteiger partial charge in [-0.25, -0.2) is 0 Å². The van der Waals surface area contributed by atoms with E-state index in [0.29, 0.717) is 0 Å². The number of hydrogen-bond acceptors (Lipinski definition) is 0. The van der Waals surface area contributed by atoms with Crippen molar-refractivity contribution in [3.8, 4) is 0 Å². The van der Waals surface area contributed by atoms with Crippen LogP contribution in [-0.4, -0.2) is 23.0 Å². The molecule has 66 valence electrons. The molecule has 0 aliphatic carbocycles. The van der Waals surface area contributed by atoms with Crippen molar-refractivity contribution in [2.75, 3.05) is 0 Å². The van der Waals surface area contributed by atoms with Gasteiger partial charge in [-0.2, -0.15) is 0 Å². The van der Waals surface area contributed by atoms with Crippen molar-refractivity contribution < 1.29 is 0 Å². The van der Waals surface area contributed by atoms with E-state index in [-0.39, 0.29) is 8.31 Å². The minimum absolute atomic E-state index is 0.0193. The van der Waals surface area contributed by atoms with Crippen LogP contribution in [-0.2, 0) is 0 Å². The topological polar surface area (TPSA) is 0 Å². The molecule has 0 atom stereocenters. The van der Waals surface area contributed by atoms with Crippen LogP contribution in [0.3, 0.4) is 0 Å². The van der Waals surface area contributed by atoms with Crippen LogP contribution in [0.2, 0.25) is 45.3 Å². The molecule has 0 rings (SSSR count). The Kier molecular flexibility index (Phi) is 3.79. The van der Waals surface area contributed by atoms with Gasteiger partial charge < -0.3 is 0 Å². The average molecular weight is 203 g/mol. The number of hydrogen-bond donors (Lipinski definition) is 0. The Morgan fingerprint density at radius 1 is 1.09 bits per heavy atom. The van der Waals surface area contributed by atoms with Gasteiger partial charge in [-0.1, -0.05) is 52.2 Å². The van der Waals surface area contributed by atoms with Crippen LogP contribution in [0.1, 0.15) is 0 Å². The summed E-state index contributed by atoms with van der Waals surface area (Å²) in [5, 5.41) is 0. The molecule has 0 aliphatic rings. The fraction of sp³-hybridized carbons (Fsp3) is 0.875. The monoisotopic (exact) mass is 202 g/mol. The molecule has 0 N–H and O–H groups in total. The van der Waals surface area contributed by atoms with Gasteiger partial charge in [0.05, 0.1) is 0 Å². The first-order chi connectivity index (χ1) is 4.75. The SMILES string of the molecule is [CH2]C[Si](C)(C)[Si](C)(C)[Si](C)C. The largest absolute Gasteiger partial charge is 0.0735 e. The summed E-state index contributed by atoms with van der Waals surface area (Å²) in [6.45, 7) is 19.3. The highest BCUT2D eigenvalue weighted by molar-refractivity contribution is 7.63. The quantitative estimate of drug-likeness (QED) is 0.617. The molecule has 0 bridgehead atoms. The summed E-state index contributed by atoms with van der Waals surface area (Å²) >= 11 is 0. The van der Waals surface area contributed by atoms with E-state index in [1.165, 1.54) is 6.04 Å². The summed E-state index contributed by atoms with van der Waals surface area (Å²) in [6, 6.07) is 1.24. The van der Waals surface area contributed by atoms with Gasteiger partial charge >= 0.3 is 0 Å². The summed E-state index contributed by atoms with van der Waals surface area (Å²) in [4.78, 5) is 0. The van der Waals surface area contributed by atoms with Gasteiger partial charge in [-0.3, -0.25) is 0 Å². The normalized spacial score (nSPS) is 14.2. The van der Waals surface area contributed by atoms with E-state index >= 15 is 0 Å². The van der Waals surface area contributed by atoms with Gasteiger partial charge in [-0.05, 0) is 0 Å². The average Bonchev–Trinajstić information content (AvgIpc) is 1.87. The third-order valence-corrected chi connectivity index (χ3v) is 39.7. The first-order valence-electron chi connectivity index (χ1n) is 4.35. The Bertz CT molecular complexity index is 127. The fourth-order valence-electron chi connectivity index (χ4n) is 0.989. The van der Waals surface area contributed by atoms with E-state index in [0.717, 1.165) is 0 Å². The van der Waals surface area contributed by atoms with Gasteiger partial charge in [0.2, 0.25) is 0 Å². The van der Waals surface area contributed by atoms with Crippen LogP contribution < -0.4 is 0 Å². The minimum Gasteiger partial charge on any atom is -0.0735 e. The standard InChI is InChI=1S/C8H22Si3/c1-8-10(4,5)11(6,7)9(2)3/h1,8H2,2-7H3. The number of rotatable bonds is 3. The highest BCUT2D eigenvalue weighted by Gasteiger charge is 2.41. The second-order valence-corrected chi connectivity index (χ2v) is 30.3. The predicted molar refractivity (Wildman–Crippen MR) is 62.6 cm³/mol. The van der Waals surface area contributed by atoms with Gasteiger partial charge in [0.15, 0.2) is 0 Å². The van der Waals surface area contributed by atoms with E-state index in [9.17, 15) is 0 Å². The zero-order valence-corrected chi connectivity index (χ0v) is 11.9. The van der Waals surface area contributed by atoms with Gasteiger partial charge in [0.1, 0.15) is 0 Å². The lowest BCUT2D eigenvalue weighted by molar-refractivity contribution is 1.57. The molecule has 0 amide bonds. The zero-order valence-electron chi connectivity index (χ0n) is 8.91. The smallest absolute Gasteiger partial charge is 0.0384 e. The van der Waals surface area contributed by atoms with Gasteiger partial charge in [0, 0.05) is 23.0 Å². The molecule has 0 aliphatic heterocycles. The summed E-state index contributed by atoms with van der Waals surface area (Å²) in [5.74, 6) is 0. The molecule has 0 saturated heterocycles. The van der Waals surface area contributed by atoms with Crippen molar-refractivity contribution >= 4 is 23.0 Å². The molecule has 0 unspecified atom stereocenters. The Morgan fingerprint density at radius 3 is 1.55 bits per heavy atom. The Hall–Kier alpha value is 0.651. The van der Waals surface area contributed by atoms with Crippen LogP contribution in [0.5, 0.6) is 0 Å². The third kappa shape index (κ3) is 2.29. The molecular weight excluding hydrogens is 180 g/mol.